The van der Waals surface area contributed by atoms with Crippen LogP contribution in [0.4, 0.5) is 5.82 Å². The molecule has 0 unspecified atom stereocenters. The second kappa shape index (κ2) is 4.85. The fraction of sp³-hybridized carbons (Fsp3) is 0.545. The maximum Gasteiger partial charge on any atom is 0.508 e. The summed E-state index contributed by atoms with van der Waals surface area (Å²) < 4.78 is 0. The average Bonchev–Trinajstić information content (AvgIpc) is 2.30. The molecule has 0 amide bonds. The highest BCUT2D eigenvalue weighted by Crippen LogP contribution is 2.21. The first-order valence-electron chi connectivity index (χ1n) is 5.78. The van der Waals surface area contributed by atoms with Crippen LogP contribution in [0.25, 0.3) is 0 Å². The van der Waals surface area contributed by atoms with Crippen molar-refractivity contribution in [1.29, 1.82) is 0 Å². The highest BCUT2D eigenvalue weighted by molar-refractivity contribution is 6.57. The van der Waals surface area contributed by atoms with Gasteiger partial charge in [0.15, 0.2) is 0 Å². The lowest BCUT2D eigenvalue weighted by atomic mass is 9.86. The van der Waals surface area contributed by atoms with Crippen LogP contribution in [0.2, 0.25) is 0 Å². The van der Waals surface area contributed by atoms with Crippen LogP contribution in [0.15, 0.2) is 18.2 Å². The number of rotatable bonds is 2. The molecule has 0 radical (unpaired) electrons. The van der Waals surface area contributed by atoms with E-state index in [-0.39, 0.29) is 0 Å². The highest BCUT2D eigenvalue weighted by atomic mass is 16.4. The van der Waals surface area contributed by atoms with E-state index >= 15 is 0 Å². The Morgan fingerprint density at radius 2 is 2.19 bits per heavy atom. The predicted molar refractivity (Wildman–Crippen MR) is 64.7 cm³/mol. The molecule has 1 atom stereocenters. The molecule has 86 valence electrons. The van der Waals surface area contributed by atoms with Crippen LogP contribution in [0.3, 0.4) is 0 Å². The van der Waals surface area contributed by atoms with Gasteiger partial charge in [0.2, 0.25) is 0 Å². The molecule has 1 aromatic rings. The Labute approximate surface area is 96.1 Å². The second-order valence-corrected chi connectivity index (χ2v) is 4.33. The van der Waals surface area contributed by atoms with Crippen molar-refractivity contribution in [3.63, 3.8) is 0 Å². The van der Waals surface area contributed by atoms with Gasteiger partial charge in [0, 0.05) is 12.6 Å². The smallest absolute Gasteiger partial charge is 0.422 e. The van der Waals surface area contributed by atoms with E-state index in [1.54, 1.807) is 6.07 Å². The van der Waals surface area contributed by atoms with Crippen molar-refractivity contribution in [1.82, 2.24) is 4.98 Å². The van der Waals surface area contributed by atoms with E-state index in [1.165, 1.54) is 19.3 Å². The van der Waals surface area contributed by atoms with Gasteiger partial charge in [-0.1, -0.05) is 6.07 Å². The molecule has 2 heterocycles. The molecule has 2 rings (SSSR count). The van der Waals surface area contributed by atoms with Crippen molar-refractivity contribution in [2.24, 2.45) is 0 Å². The zero-order valence-corrected chi connectivity index (χ0v) is 9.50. The Morgan fingerprint density at radius 3 is 2.88 bits per heavy atom. The van der Waals surface area contributed by atoms with Crippen LogP contribution in [0.1, 0.15) is 26.2 Å². The zero-order valence-electron chi connectivity index (χ0n) is 9.50. The summed E-state index contributed by atoms with van der Waals surface area (Å²) in [6.45, 7) is 3.18. The lowest BCUT2D eigenvalue weighted by Crippen LogP contribution is -2.40. The maximum absolute atomic E-state index is 9.09. The van der Waals surface area contributed by atoms with Gasteiger partial charge in [-0.3, -0.25) is 0 Å². The number of anilines is 1. The number of nitrogens with zero attached hydrogens (tertiary/aromatic N) is 2. The van der Waals surface area contributed by atoms with Gasteiger partial charge in [0.1, 0.15) is 5.82 Å². The van der Waals surface area contributed by atoms with Crippen molar-refractivity contribution < 1.29 is 10.0 Å². The molecule has 1 fully saturated rings. The van der Waals surface area contributed by atoms with Crippen LogP contribution < -0.4 is 10.5 Å². The Kier molecular flexibility index (Phi) is 3.46. The standard InChI is InChI=1S/C11H17BN2O2/c1-9-5-2-3-8-14(9)11-7-4-6-10(13-11)12(15)16/h4,6-7,9,15-16H,2-3,5,8H2,1H3/t9-/m1/s1. The van der Waals surface area contributed by atoms with Gasteiger partial charge in [-0.2, -0.15) is 0 Å². The highest BCUT2D eigenvalue weighted by Gasteiger charge is 2.21. The molecular weight excluding hydrogens is 203 g/mol. The van der Waals surface area contributed by atoms with E-state index < -0.39 is 7.12 Å². The molecule has 1 aromatic heterocycles. The number of aromatic nitrogens is 1. The van der Waals surface area contributed by atoms with E-state index in [1.807, 2.05) is 12.1 Å². The van der Waals surface area contributed by atoms with E-state index in [9.17, 15) is 0 Å². The van der Waals surface area contributed by atoms with Gasteiger partial charge in [-0.05, 0) is 38.3 Å². The first kappa shape index (κ1) is 11.4. The molecule has 2 N–H and O–H groups in total. The molecular formula is C11H17BN2O2. The van der Waals surface area contributed by atoms with Crippen molar-refractivity contribution in [2.45, 2.75) is 32.2 Å². The van der Waals surface area contributed by atoms with Crippen LogP contribution in [0, 0.1) is 0 Å². The molecule has 1 aliphatic heterocycles. The van der Waals surface area contributed by atoms with Crippen LogP contribution in [-0.2, 0) is 0 Å². The molecule has 1 saturated heterocycles. The largest absolute Gasteiger partial charge is 0.508 e. The van der Waals surface area contributed by atoms with Crippen LogP contribution in [-0.4, -0.2) is 34.7 Å². The first-order chi connectivity index (χ1) is 7.68. The van der Waals surface area contributed by atoms with E-state index in [4.69, 9.17) is 10.0 Å². The van der Waals surface area contributed by atoms with Gasteiger partial charge in [-0.15, -0.1) is 0 Å². The van der Waals surface area contributed by atoms with Gasteiger partial charge < -0.3 is 14.9 Å². The Morgan fingerprint density at radius 1 is 1.38 bits per heavy atom. The quantitative estimate of drug-likeness (QED) is 0.696. The molecule has 16 heavy (non-hydrogen) atoms. The van der Waals surface area contributed by atoms with E-state index in [2.05, 4.69) is 16.8 Å². The van der Waals surface area contributed by atoms with Crippen molar-refractivity contribution in [2.75, 3.05) is 11.4 Å². The average molecular weight is 220 g/mol. The molecule has 0 aromatic carbocycles. The van der Waals surface area contributed by atoms with Gasteiger partial charge >= 0.3 is 7.12 Å². The third-order valence-electron chi connectivity index (χ3n) is 3.12. The lowest BCUT2D eigenvalue weighted by molar-refractivity contribution is 0.424. The summed E-state index contributed by atoms with van der Waals surface area (Å²) in [5, 5.41) is 18.2. The summed E-state index contributed by atoms with van der Waals surface area (Å²) in [6, 6.07) is 5.85. The normalized spacial score (nSPS) is 20.9. The minimum atomic E-state index is -1.49. The molecule has 5 heteroatoms. The molecule has 0 saturated carbocycles. The minimum absolute atomic E-state index is 0.315. The topological polar surface area (TPSA) is 56.6 Å². The minimum Gasteiger partial charge on any atom is -0.422 e. The lowest BCUT2D eigenvalue weighted by Gasteiger charge is -2.34. The van der Waals surface area contributed by atoms with Gasteiger partial charge in [0.25, 0.3) is 0 Å². The molecule has 0 aliphatic carbocycles. The van der Waals surface area contributed by atoms with E-state index in [0.717, 1.165) is 12.4 Å². The van der Waals surface area contributed by atoms with Crippen molar-refractivity contribution >= 4 is 18.5 Å². The summed E-state index contributed by atoms with van der Waals surface area (Å²) in [6.07, 6.45) is 3.62. The predicted octanol–water partition coefficient (Wildman–Crippen LogP) is 0.140. The third kappa shape index (κ3) is 2.36. The van der Waals surface area contributed by atoms with Gasteiger partial charge in [0.05, 0.1) is 5.59 Å². The first-order valence-corrected chi connectivity index (χ1v) is 5.78. The maximum atomic E-state index is 9.09. The van der Waals surface area contributed by atoms with E-state index in [0.29, 0.717) is 11.6 Å². The third-order valence-corrected chi connectivity index (χ3v) is 3.12. The summed E-state index contributed by atoms with van der Waals surface area (Å²) in [7, 11) is -1.49. The summed E-state index contributed by atoms with van der Waals surface area (Å²) in [5.41, 5.74) is 0.315. The number of hydrogen-bond acceptors (Lipinski definition) is 4. The number of hydrogen-bond donors (Lipinski definition) is 2. The zero-order chi connectivity index (χ0) is 11.5. The Bertz CT molecular complexity index is 360. The Balaban J connectivity index is 2.21. The fourth-order valence-corrected chi connectivity index (χ4v) is 2.18. The fourth-order valence-electron chi connectivity index (χ4n) is 2.18. The SMILES string of the molecule is C[C@@H]1CCCCN1c1cccc(B(O)O)n1. The summed E-state index contributed by atoms with van der Waals surface area (Å²) in [5.74, 6) is 0.845. The van der Waals surface area contributed by atoms with Crippen LogP contribution in [0.5, 0.6) is 0 Å². The summed E-state index contributed by atoms with van der Waals surface area (Å²) in [4.78, 5) is 6.50. The second-order valence-electron chi connectivity index (χ2n) is 4.33. The van der Waals surface area contributed by atoms with Crippen molar-refractivity contribution in [3.8, 4) is 0 Å². The number of pyridine rings is 1. The molecule has 4 nitrogen and oxygen atoms in total. The Hall–Kier alpha value is -1.07. The molecule has 1 aliphatic rings. The number of piperidine rings is 1. The van der Waals surface area contributed by atoms with Gasteiger partial charge in [-0.25, -0.2) is 4.98 Å². The van der Waals surface area contributed by atoms with Crippen molar-refractivity contribution in [3.05, 3.63) is 18.2 Å². The molecule has 0 bridgehead atoms. The monoisotopic (exact) mass is 220 g/mol. The van der Waals surface area contributed by atoms with Crippen LogP contribution >= 0.6 is 0 Å². The molecule has 0 spiro atoms. The summed E-state index contributed by atoms with van der Waals surface area (Å²) >= 11 is 0.